The molecular formula is C9H8FNO2. The van der Waals surface area contributed by atoms with Crippen LogP contribution in [0.3, 0.4) is 0 Å². The summed E-state index contributed by atoms with van der Waals surface area (Å²) in [5.41, 5.74) is 0.220. The summed E-state index contributed by atoms with van der Waals surface area (Å²) in [6.07, 6.45) is -0.0392. The van der Waals surface area contributed by atoms with E-state index in [0.29, 0.717) is 0 Å². The fourth-order valence-electron chi connectivity index (χ4n) is 0.969. The first-order valence-corrected chi connectivity index (χ1v) is 3.61. The summed E-state index contributed by atoms with van der Waals surface area (Å²) < 4.78 is 17.7. The van der Waals surface area contributed by atoms with E-state index in [9.17, 15) is 4.39 Å². The van der Waals surface area contributed by atoms with Crippen molar-refractivity contribution in [1.29, 1.82) is 5.26 Å². The largest absolute Gasteiger partial charge is 0.504 e. The molecule has 0 unspecified atom stereocenters. The van der Waals surface area contributed by atoms with Gasteiger partial charge >= 0.3 is 0 Å². The van der Waals surface area contributed by atoms with E-state index < -0.39 is 5.82 Å². The molecule has 0 radical (unpaired) electrons. The number of phenolic OH excluding ortho intramolecular Hbond substituents is 1. The van der Waals surface area contributed by atoms with Crippen molar-refractivity contribution < 1.29 is 14.2 Å². The van der Waals surface area contributed by atoms with Crippen molar-refractivity contribution in [2.75, 3.05) is 7.11 Å². The highest BCUT2D eigenvalue weighted by Gasteiger charge is 2.08. The quantitative estimate of drug-likeness (QED) is 0.754. The van der Waals surface area contributed by atoms with Crippen LogP contribution in [0.25, 0.3) is 0 Å². The molecule has 1 N–H and O–H groups in total. The molecule has 0 aliphatic carbocycles. The number of hydrogen-bond acceptors (Lipinski definition) is 3. The average Bonchev–Trinajstić information content (AvgIpc) is 2.10. The van der Waals surface area contributed by atoms with E-state index in [2.05, 4.69) is 0 Å². The molecule has 13 heavy (non-hydrogen) atoms. The van der Waals surface area contributed by atoms with Crippen LogP contribution in [-0.2, 0) is 6.42 Å². The third-order valence-electron chi connectivity index (χ3n) is 1.62. The number of phenols is 1. The number of hydrogen-bond donors (Lipinski definition) is 1. The predicted octanol–water partition coefficient (Wildman–Crippen LogP) is 1.61. The van der Waals surface area contributed by atoms with Gasteiger partial charge in [-0.1, -0.05) is 0 Å². The maximum Gasteiger partial charge on any atom is 0.161 e. The Morgan fingerprint density at radius 1 is 1.62 bits per heavy atom. The molecule has 0 saturated carbocycles. The topological polar surface area (TPSA) is 53.2 Å². The molecule has 0 spiro atoms. The van der Waals surface area contributed by atoms with Gasteiger partial charge in [-0.25, -0.2) is 4.39 Å². The number of nitriles is 1. The Hall–Kier alpha value is -1.76. The first kappa shape index (κ1) is 9.33. The minimum Gasteiger partial charge on any atom is -0.504 e. The van der Waals surface area contributed by atoms with Gasteiger partial charge in [0, 0.05) is 11.6 Å². The number of methoxy groups -OCH3 is 1. The highest BCUT2D eigenvalue weighted by molar-refractivity contribution is 5.43. The minimum atomic E-state index is -0.597. The molecule has 0 bridgehead atoms. The molecule has 1 aromatic rings. The highest BCUT2D eigenvalue weighted by atomic mass is 19.1. The van der Waals surface area contributed by atoms with Gasteiger partial charge in [-0.3, -0.25) is 0 Å². The third-order valence-corrected chi connectivity index (χ3v) is 1.62. The lowest BCUT2D eigenvalue weighted by Crippen LogP contribution is -1.91. The number of aromatic hydroxyl groups is 1. The van der Waals surface area contributed by atoms with Crippen LogP contribution in [0.2, 0.25) is 0 Å². The van der Waals surface area contributed by atoms with E-state index in [1.807, 2.05) is 6.07 Å². The Bertz CT molecular complexity index is 357. The van der Waals surface area contributed by atoms with Gasteiger partial charge in [0.05, 0.1) is 19.6 Å². The molecule has 68 valence electrons. The Morgan fingerprint density at radius 2 is 2.31 bits per heavy atom. The molecule has 0 aliphatic rings. The first-order chi connectivity index (χ1) is 6.19. The van der Waals surface area contributed by atoms with E-state index in [1.165, 1.54) is 13.2 Å². The van der Waals surface area contributed by atoms with E-state index in [1.54, 1.807) is 0 Å². The monoisotopic (exact) mass is 181 g/mol. The summed E-state index contributed by atoms with van der Waals surface area (Å²) in [6.45, 7) is 0. The van der Waals surface area contributed by atoms with E-state index in [4.69, 9.17) is 15.1 Å². The minimum absolute atomic E-state index is 0.0392. The second-order valence-electron chi connectivity index (χ2n) is 2.45. The lowest BCUT2D eigenvalue weighted by molar-refractivity contribution is 0.370. The van der Waals surface area contributed by atoms with Crippen molar-refractivity contribution in [2.24, 2.45) is 0 Å². The standard InChI is InChI=1S/C9H8FNO2/c1-13-9-4-6(2-3-11)7(10)5-8(9)12/h4-5,12H,2H2,1H3. The van der Waals surface area contributed by atoms with Crippen LogP contribution in [0.5, 0.6) is 11.5 Å². The summed E-state index contributed by atoms with van der Waals surface area (Å²) in [7, 11) is 1.36. The molecule has 0 fully saturated rings. The van der Waals surface area contributed by atoms with Gasteiger partial charge < -0.3 is 9.84 Å². The SMILES string of the molecule is COc1cc(CC#N)c(F)cc1O. The van der Waals surface area contributed by atoms with Crippen LogP contribution in [-0.4, -0.2) is 12.2 Å². The lowest BCUT2D eigenvalue weighted by Gasteiger charge is -2.05. The van der Waals surface area contributed by atoms with Gasteiger partial charge in [-0.15, -0.1) is 0 Å². The van der Waals surface area contributed by atoms with E-state index >= 15 is 0 Å². The van der Waals surface area contributed by atoms with Crippen molar-refractivity contribution in [3.63, 3.8) is 0 Å². The molecule has 0 aliphatic heterocycles. The van der Waals surface area contributed by atoms with Crippen molar-refractivity contribution >= 4 is 0 Å². The fourth-order valence-corrected chi connectivity index (χ4v) is 0.969. The smallest absolute Gasteiger partial charge is 0.161 e. The molecule has 4 heteroatoms. The summed E-state index contributed by atoms with van der Waals surface area (Å²) in [6, 6.07) is 4.07. The second kappa shape index (κ2) is 3.76. The van der Waals surface area contributed by atoms with Gasteiger partial charge in [0.2, 0.25) is 0 Å². The summed E-state index contributed by atoms with van der Waals surface area (Å²) in [5.74, 6) is -0.687. The van der Waals surface area contributed by atoms with Crippen molar-refractivity contribution in [2.45, 2.75) is 6.42 Å². The van der Waals surface area contributed by atoms with Gasteiger partial charge in [0.25, 0.3) is 0 Å². The predicted molar refractivity (Wildman–Crippen MR) is 43.9 cm³/mol. The number of ether oxygens (including phenoxy) is 1. The van der Waals surface area contributed by atoms with Gasteiger partial charge in [0.15, 0.2) is 11.5 Å². The Labute approximate surface area is 75.0 Å². The molecule has 0 aromatic heterocycles. The Morgan fingerprint density at radius 3 is 2.85 bits per heavy atom. The molecule has 0 saturated heterocycles. The van der Waals surface area contributed by atoms with Crippen LogP contribution in [0.15, 0.2) is 12.1 Å². The lowest BCUT2D eigenvalue weighted by atomic mass is 10.1. The second-order valence-corrected chi connectivity index (χ2v) is 2.45. The maximum atomic E-state index is 13.0. The molecular weight excluding hydrogens is 173 g/mol. The molecule has 0 atom stereocenters. The molecule has 0 amide bonds. The van der Waals surface area contributed by atoms with E-state index in [-0.39, 0.29) is 23.5 Å². The van der Waals surface area contributed by atoms with Crippen LogP contribution in [0, 0.1) is 17.1 Å². The van der Waals surface area contributed by atoms with Crippen LogP contribution >= 0.6 is 0 Å². The van der Waals surface area contributed by atoms with Crippen LogP contribution in [0.1, 0.15) is 5.56 Å². The third kappa shape index (κ3) is 1.88. The number of nitrogens with zero attached hydrogens (tertiary/aromatic N) is 1. The normalized spacial score (nSPS) is 9.31. The Balaban J connectivity index is 3.16. The zero-order chi connectivity index (χ0) is 9.84. The molecule has 0 heterocycles. The van der Waals surface area contributed by atoms with Crippen molar-refractivity contribution in [1.82, 2.24) is 0 Å². The maximum absolute atomic E-state index is 13.0. The van der Waals surface area contributed by atoms with Crippen LogP contribution < -0.4 is 4.74 Å². The number of halogens is 1. The van der Waals surface area contributed by atoms with Gasteiger partial charge in [0.1, 0.15) is 5.82 Å². The molecule has 1 aromatic carbocycles. The molecule has 1 rings (SSSR count). The zero-order valence-corrected chi connectivity index (χ0v) is 7.04. The number of benzene rings is 1. The Kier molecular flexibility index (Phi) is 2.70. The summed E-state index contributed by atoms with van der Waals surface area (Å²) in [4.78, 5) is 0. The van der Waals surface area contributed by atoms with Gasteiger partial charge in [-0.2, -0.15) is 5.26 Å². The highest BCUT2D eigenvalue weighted by Crippen LogP contribution is 2.28. The fraction of sp³-hybridized carbons (Fsp3) is 0.222. The van der Waals surface area contributed by atoms with Crippen molar-refractivity contribution in [3.8, 4) is 17.6 Å². The number of rotatable bonds is 2. The van der Waals surface area contributed by atoms with Crippen LogP contribution in [0.4, 0.5) is 4.39 Å². The first-order valence-electron chi connectivity index (χ1n) is 3.61. The summed E-state index contributed by atoms with van der Waals surface area (Å²) in [5, 5.41) is 17.5. The summed E-state index contributed by atoms with van der Waals surface area (Å²) >= 11 is 0. The average molecular weight is 181 g/mol. The van der Waals surface area contributed by atoms with Gasteiger partial charge in [-0.05, 0) is 6.07 Å². The molecule has 3 nitrogen and oxygen atoms in total. The van der Waals surface area contributed by atoms with Crippen molar-refractivity contribution in [3.05, 3.63) is 23.5 Å². The zero-order valence-electron chi connectivity index (χ0n) is 7.04. The van der Waals surface area contributed by atoms with E-state index in [0.717, 1.165) is 6.07 Å².